The Hall–Kier alpha value is -1.39. The van der Waals surface area contributed by atoms with Crippen LogP contribution in [0, 0.1) is 11.8 Å². The number of hydrogen-bond donors (Lipinski definition) is 0. The number of piperidine rings is 1. The van der Waals surface area contributed by atoms with Crippen LogP contribution in [0.2, 0.25) is 0 Å². The lowest BCUT2D eigenvalue weighted by Gasteiger charge is -2.32. The van der Waals surface area contributed by atoms with E-state index in [1.54, 1.807) is 0 Å². The van der Waals surface area contributed by atoms with Gasteiger partial charge in [0.05, 0.1) is 5.92 Å². The molecular formula is C19H31N3O2. The molecule has 24 heavy (non-hydrogen) atoms. The first-order valence-electron chi connectivity index (χ1n) is 9.70. The summed E-state index contributed by atoms with van der Waals surface area (Å²) >= 11 is 0. The lowest BCUT2D eigenvalue weighted by molar-refractivity contribution is -0.136. The first-order chi connectivity index (χ1) is 11.6. The van der Waals surface area contributed by atoms with Gasteiger partial charge in [-0.15, -0.1) is 0 Å². The molecule has 2 aliphatic rings. The third kappa shape index (κ3) is 3.81. The van der Waals surface area contributed by atoms with Gasteiger partial charge in [-0.2, -0.15) is 4.98 Å². The van der Waals surface area contributed by atoms with E-state index in [0.717, 1.165) is 50.0 Å². The zero-order valence-corrected chi connectivity index (χ0v) is 15.3. The topological polar surface area (TPSA) is 59.2 Å². The van der Waals surface area contributed by atoms with Crippen molar-refractivity contribution in [2.75, 3.05) is 13.1 Å². The molecule has 0 spiro atoms. The Kier molecular flexibility index (Phi) is 5.57. The molecule has 1 amide bonds. The highest BCUT2D eigenvalue weighted by atomic mass is 16.5. The fourth-order valence-electron chi connectivity index (χ4n) is 4.11. The van der Waals surface area contributed by atoms with Gasteiger partial charge in [0.25, 0.3) is 0 Å². The van der Waals surface area contributed by atoms with E-state index >= 15 is 0 Å². The van der Waals surface area contributed by atoms with E-state index < -0.39 is 0 Å². The molecule has 1 saturated heterocycles. The van der Waals surface area contributed by atoms with E-state index in [0.29, 0.717) is 5.92 Å². The second-order valence-electron chi connectivity index (χ2n) is 7.89. The summed E-state index contributed by atoms with van der Waals surface area (Å²) < 4.78 is 5.61. The lowest BCUT2D eigenvalue weighted by Crippen LogP contribution is -2.41. The quantitative estimate of drug-likeness (QED) is 0.832. The number of hydrogen-bond acceptors (Lipinski definition) is 4. The fraction of sp³-hybridized carbons (Fsp3) is 0.842. The van der Waals surface area contributed by atoms with Gasteiger partial charge < -0.3 is 9.42 Å². The van der Waals surface area contributed by atoms with Crippen molar-refractivity contribution < 1.29 is 9.32 Å². The zero-order chi connectivity index (χ0) is 17.1. The van der Waals surface area contributed by atoms with E-state index in [2.05, 4.69) is 19.0 Å². The monoisotopic (exact) mass is 333 g/mol. The Morgan fingerprint density at radius 2 is 2.08 bits per heavy atom. The molecule has 1 aromatic heterocycles. The number of aromatic nitrogens is 2. The Morgan fingerprint density at radius 3 is 2.83 bits per heavy atom. The van der Waals surface area contributed by atoms with Gasteiger partial charge in [0.2, 0.25) is 11.8 Å². The summed E-state index contributed by atoms with van der Waals surface area (Å²) in [5.41, 5.74) is 0. The summed E-state index contributed by atoms with van der Waals surface area (Å²) in [4.78, 5) is 19.2. The van der Waals surface area contributed by atoms with Gasteiger partial charge in [0, 0.05) is 24.9 Å². The average molecular weight is 333 g/mol. The van der Waals surface area contributed by atoms with Crippen molar-refractivity contribution in [1.29, 1.82) is 0 Å². The number of rotatable bonds is 4. The summed E-state index contributed by atoms with van der Waals surface area (Å²) in [6, 6.07) is 0. The SMILES string of the molecule is CC[C@H](C)C(=O)N1CCC[C@H](c2nc([C@H]3CCC[C@H](C)C3)no2)C1. The van der Waals surface area contributed by atoms with E-state index in [9.17, 15) is 4.79 Å². The van der Waals surface area contributed by atoms with Crippen LogP contribution in [0.3, 0.4) is 0 Å². The molecule has 0 unspecified atom stereocenters. The first kappa shape index (κ1) is 17.4. The predicted molar refractivity (Wildman–Crippen MR) is 92.7 cm³/mol. The molecule has 1 aromatic rings. The van der Waals surface area contributed by atoms with Crippen LogP contribution in [-0.2, 0) is 4.79 Å². The normalized spacial score (nSPS) is 29.5. The molecule has 2 fully saturated rings. The Balaban J connectivity index is 1.65. The van der Waals surface area contributed by atoms with Gasteiger partial charge in [-0.1, -0.05) is 38.8 Å². The van der Waals surface area contributed by atoms with Crippen LogP contribution in [0.4, 0.5) is 0 Å². The van der Waals surface area contributed by atoms with E-state index in [4.69, 9.17) is 9.51 Å². The maximum Gasteiger partial charge on any atom is 0.231 e. The van der Waals surface area contributed by atoms with Gasteiger partial charge in [-0.3, -0.25) is 4.79 Å². The van der Waals surface area contributed by atoms with Gasteiger partial charge in [0.1, 0.15) is 0 Å². The molecule has 3 rings (SSSR count). The molecular weight excluding hydrogens is 302 g/mol. The van der Waals surface area contributed by atoms with Crippen molar-refractivity contribution >= 4 is 5.91 Å². The minimum Gasteiger partial charge on any atom is -0.342 e. The maximum atomic E-state index is 12.5. The maximum absolute atomic E-state index is 12.5. The van der Waals surface area contributed by atoms with E-state index in [1.807, 2.05) is 11.8 Å². The van der Waals surface area contributed by atoms with Crippen LogP contribution < -0.4 is 0 Å². The van der Waals surface area contributed by atoms with Crippen molar-refractivity contribution in [3.8, 4) is 0 Å². The zero-order valence-electron chi connectivity index (χ0n) is 15.3. The van der Waals surface area contributed by atoms with Gasteiger partial charge in [-0.05, 0) is 38.0 Å². The number of likely N-dealkylation sites (tertiary alicyclic amines) is 1. The summed E-state index contributed by atoms with van der Waals surface area (Å²) in [5, 5.41) is 4.28. The number of carbonyl (C=O) groups is 1. The standard InChI is InChI=1S/C19H31N3O2/c1-4-14(3)19(23)22-10-6-9-16(12-22)18-20-17(21-24-18)15-8-5-7-13(2)11-15/h13-16H,4-12H2,1-3H3/t13-,14-,15-,16-/m0/s1. The molecule has 1 aliphatic carbocycles. The highest BCUT2D eigenvalue weighted by Crippen LogP contribution is 2.35. The van der Waals surface area contributed by atoms with Gasteiger partial charge in [0.15, 0.2) is 5.82 Å². The van der Waals surface area contributed by atoms with Crippen LogP contribution >= 0.6 is 0 Å². The van der Waals surface area contributed by atoms with Crippen LogP contribution in [0.1, 0.15) is 89.3 Å². The molecule has 0 radical (unpaired) electrons. The minimum atomic E-state index is 0.103. The Labute approximate surface area is 145 Å². The van der Waals surface area contributed by atoms with Crippen LogP contribution in [0.25, 0.3) is 0 Å². The molecule has 0 N–H and O–H groups in total. The number of nitrogens with zero attached hydrogens (tertiary/aromatic N) is 3. The summed E-state index contributed by atoms with van der Waals surface area (Å²) in [6.07, 6.45) is 7.87. The van der Waals surface area contributed by atoms with Crippen molar-refractivity contribution in [2.45, 2.75) is 77.6 Å². The second kappa shape index (κ2) is 7.66. The third-order valence-corrected chi connectivity index (χ3v) is 5.88. The Bertz CT molecular complexity index is 557. The summed E-state index contributed by atoms with van der Waals surface area (Å²) in [6.45, 7) is 7.99. The highest BCUT2D eigenvalue weighted by Gasteiger charge is 2.31. The van der Waals surface area contributed by atoms with Crippen LogP contribution in [0.15, 0.2) is 4.52 Å². The lowest BCUT2D eigenvalue weighted by atomic mass is 9.82. The minimum absolute atomic E-state index is 0.103. The average Bonchev–Trinajstić information content (AvgIpc) is 3.11. The van der Waals surface area contributed by atoms with E-state index in [-0.39, 0.29) is 17.7 Å². The van der Waals surface area contributed by atoms with Gasteiger partial charge in [-0.25, -0.2) is 0 Å². The molecule has 0 bridgehead atoms. The predicted octanol–water partition coefficient (Wildman–Crippen LogP) is 4.12. The van der Waals surface area contributed by atoms with Crippen molar-refractivity contribution in [1.82, 2.24) is 15.0 Å². The molecule has 1 saturated carbocycles. The highest BCUT2D eigenvalue weighted by molar-refractivity contribution is 5.78. The van der Waals surface area contributed by atoms with Crippen molar-refractivity contribution in [2.24, 2.45) is 11.8 Å². The fourth-order valence-corrected chi connectivity index (χ4v) is 4.11. The molecule has 5 heteroatoms. The molecule has 2 heterocycles. The molecule has 4 atom stereocenters. The smallest absolute Gasteiger partial charge is 0.231 e. The second-order valence-corrected chi connectivity index (χ2v) is 7.89. The summed E-state index contributed by atoms with van der Waals surface area (Å²) in [5.74, 6) is 3.41. The first-order valence-corrected chi connectivity index (χ1v) is 9.70. The van der Waals surface area contributed by atoms with E-state index in [1.165, 1.54) is 25.7 Å². The number of carbonyl (C=O) groups excluding carboxylic acids is 1. The third-order valence-electron chi connectivity index (χ3n) is 5.88. The largest absolute Gasteiger partial charge is 0.342 e. The van der Waals surface area contributed by atoms with Crippen LogP contribution in [0.5, 0.6) is 0 Å². The molecule has 5 nitrogen and oxygen atoms in total. The van der Waals surface area contributed by atoms with Gasteiger partial charge >= 0.3 is 0 Å². The van der Waals surface area contributed by atoms with Crippen LogP contribution in [-0.4, -0.2) is 34.0 Å². The molecule has 1 aliphatic heterocycles. The summed E-state index contributed by atoms with van der Waals surface area (Å²) in [7, 11) is 0. The number of amides is 1. The van der Waals surface area contributed by atoms with Crippen molar-refractivity contribution in [3.05, 3.63) is 11.7 Å². The van der Waals surface area contributed by atoms with Crippen molar-refractivity contribution in [3.63, 3.8) is 0 Å². The molecule has 134 valence electrons. The Morgan fingerprint density at radius 1 is 1.29 bits per heavy atom. The molecule has 0 aromatic carbocycles.